The van der Waals surface area contributed by atoms with E-state index >= 15 is 0 Å². The molecule has 0 saturated heterocycles. The Hall–Kier alpha value is -4.31. The van der Waals surface area contributed by atoms with Gasteiger partial charge in [-0.05, 0) is 75.2 Å². The maximum absolute atomic E-state index is 14.3. The van der Waals surface area contributed by atoms with Gasteiger partial charge >= 0.3 is 6.09 Å². The van der Waals surface area contributed by atoms with Crippen LogP contribution in [0.2, 0.25) is 0 Å². The lowest BCUT2D eigenvalue weighted by molar-refractivity contribution is 0.0506. The average molecular weight is 495 g/mol. The largest absolute Gasteiger partial charge is 0.444 e. The summed E-state index contributed by atoms with van der Waals surface area (Å²) in [4.78, 5) is 27.0. The molecular weight excluding hydrogens is 464 g/mol. The Bertz CT molecular complexity index is 1630. The number of hydrogen-bond acceptors (Lipinski definition) is 4. The Morgan fingerprint density at radius 1 is 1.08 bits per heavy atom. The van der Waals surface area contributed by atoms with Gasteiger partial charge in [-0.15, -0.1) is 0 Å². The van der Waals surface area contributed by atoms with Gasteiger partial charge in [-0.2, -0.15) is 5.10 Å². The molecule has 0 aliphatic heterocycles. The van der Waals surface area contributed by atoms with E-state index in [4.69, 9.17) is 4.74 Å². The van der Waals surface area contributed by atoms with Crippen molar-refractivity contribution in [2.75, 3.05) is 0 Å². The number of carbonyl (C=O) groups excluding carboxylic acids is 1. The SMILES string of the molecule is C[C@H](NC(=O)OC(C)(C)C)c1c2c3c(ccc(C#Cc4cnn(C)c4)c3c(=O)n1-c1ccccc1)CC2. The Morgan fingerprint density at radius 3 is 2.51 bits per heavy atom. The molecule has 7 heteroatoms. The van der Waals surface area contributed by atoms with Gasteiger partial charge in [0.25, 0.3) is 5.56 Å². The van der Waals surface area contributed by atoms with E-state index in [1.165, 1.54) is 0 Å². The first-order valence-electron chi connectivity index (χ1n) is 12.4. The molecule has 1 N–H and O–H groups in total. The Labute approximate surface area is 216 Å². The second kappa shape index (κ2) is 9.29. The number of carbonyl (C=O) groups is 1. The Balaban J connectivity index is 1.74. The fourth-order valence-corrected chi connectivity index (χ4v) is 4.99. The summed E-state index contributed by atoms with van der Waals surface area (Å²) < 4.78 is 8.94. The van der Waals surface area contributed by atoms with Gasteiger partial charge in [0.05, 0.1) is 28.9 Å². The predicted molar refractivity (Wildman–Crippen MR) is 144 cm³/mol. The van der Waals surface area contributed by atoms with Crippen LogP contribution in [0.15, 0.2) is 59.7 Å². The molecule has 1 aliphatic carbocycles. The van der Waals surface area contributed by atoms with E-state index in [1.54, 1.807) is 15.4 Å². The maximum atomic E-state index is 14.3. The molecule has 1 aliphatic rings. The number of aryl methyl sites for hydroxylation is 3. The first kappa shape index (κ1) is 24.4. The monoisotopic (exact) mass is 494 g/mol. The van der Waals surface area contributed by atoms with Crippen molar-refractivity contribution >= 4 is 16.9 Å². The lowest BCUT2D eigenvalue weighted by Gasteiger charge is -2.26. The van der Waals surface area contributed by atoms with Crippen LogP contribution in [0, 0.1) is 11.8 Å². The van der Waals surface area contributed by atoms with Crippen LogP contribution in [0.1, 0.15) is 61.7 Å². The van der Waals surface area contributed by atoms with Gasteiger partial charge in [0.15, 0.2) is 0 Å². The fourth-order valence-electron chi connectivity index (χ4n) is 4.99. The minimum Gasteiger partial charge on any atom is -0.444 e. The molecule has 37 heavy (non-hydrogen) atoms. The molecule has 0 bridgehead atoms. The molecule has 0 fully saturated rings. The molecule has 188 valence electrons. The molecule has 4 aromatic rings. The van der Waals surface area contributed by atoms with Crippen LogP contribution in [0.5, 0.6) is 0 Å². The molecule has 5 rings (SSSR count). The topological polar surface area (TPSA) is 78.2 Å². The summed E-state index contributed by atoms with van der Waals surface area (Å²) in [6.07, 6.45) is 4.63. The van der Waals surface area contributed by atoms with Crippen molar-refractivity contribution in [2.45, 2.75) is 52.2 Å². The molecule has 0 saturated carbocycles. The molecule has 2 heterocycles. The van der Waals surface area contributed by atoms with Crippen LogP contribution >= 0.6 is 0 Å². The van der Waals surface area contributed by atoms with Gasteiger partial charge < -0.3 is 10.1 Å². The number of nitrogens with one attached hydrogen (secondary N) is 1. The first-order valence-corrected chi connectivity index (χ1v) is 12.4. The zero-order chi connectivity index (χ0) is 26.3. The van der Waals surface area contributed by atoms with E-state index in [1.807, 2.05) is 77.3 Å². The second-order valence-corrected chi connectivity index (χ2v) is 10.4. The van der Waals surface area contributed by atoms with Crippen molar-refractivity contribution in [3.8, 4) is 17.5 Å². The van der Waals surface area contributed by atoms with Crippen molar-refractivity contribution in [3.05, 3.63) is 93.2 Å². The summed E-state index contributed by atoms with van der Waals surface area (Å²) in [7, 11) is 1.84. The lowest BCUT2D eigenvalue weighted by atomic mass is 9.97. The normalized spacial score (nSPS) is 13.2. The highest BCUT2D eigenvalue weighted by Gasteiger charge is 2.29. The highest BCUT2D eigenvalue weighted by molar-refractivity contribution is 5.95. The number of ether oxygens (including phenoxy) is 1. The quantitative estimate of drug-likeness (QED) is 0.415. The summed E-state index contributed by atoms with van der Waals surface area (Å²) in [5.41, 5.74) is 4.37. The van der Waals surface area contributed by atoms with Crippen molar-refractivity contribution in [3.63, 3.8) is 0 Å². The number of alkyl carbamates (subject to hydrolysis) is 1. The molecule has 1 amide bonds. The van der Waals surface area contributed by atoms with Crippen molar-refractivity contribution in [2.24, 2.45) is 7.05 Å². The molecule has 2 aromatic heterocycles. The van der Waals surface area contributed by atoms with E-state index in [2.05, 4.69) is 28.3 Å². The number of nitrogens with zero attached hydrogens (tertiary/aromatic N) is 3. The number of para-hydroxylation sites is 1. The summed E-state index contributed by atoms with van der Waals surface area (Å²) in [5.74, 6) is 6.37. The second-order valence-electron chi connectivity index (χ2n) is 10.4. The van der Waals surface area contributed by atoms with Gasteiger partial charge in [-0.25, -0.2) is 4.79 Å². The molecule has 0 unspecified atom stereocenters. The fraction of sp³-hybridized carbons (Fsp3) is 0.300. The lowest BCUT2D eigenvalue weighted by Crippen LogP contribution is -2.37. The Morgan fingerprint density at radius 2 is 1.84 bits per heavy atom. The molecular formula is C30H30N4O3. The standard InChI is InChI=1S/C30H30N4O3/c1-19(32-29(36)37-30(2,3)4)27-24-16-15-21-13-14-22(12-11-20-17-31-33(5)18-20)26(25(21)24)28(35)34(27)23-9-7-6-8-10-23/h6-10,13-14,17-19H,15-16H2,1-5H3,(H,32,36)/t19-/m0/s1. The number of aromatic nitrogens is 3. The average Bonchev–Trinajstić information content (AvgIpc) is 3.45. The van der Waals surface area contributed by atoms with Crippen LogP contribution in [0.3, 0.4) is 0 Å². The molecule has 7 nitrogen and oxygen atoms in total. The number of benzene rings is 2. The highest BCUT2D eigenvalue weighted by atomic mass is 16.6. The van der Waals surface area contributed by atoms with Crippen molar-refractivity contribution in [1.82, 2.24) is 19.7 Å². The van der Waals surface area contributed by atoms with E-state index < -0.39 is 17.7 Å². The summed E-state index contributed by atoms with van der Waals surface area (Å²) >= 11 is 0. The van der Waals surface area contributed by atoms with E-state index in [9.17, 15) is 9.59 Å². The van der Waals surface area contributed by atoms with Gasteiger partial charge in [0.1, 0.15) is 5.60 Å². The van der Waals surface area contributed by atoms with Crippen molar-refractivity contribution < 1.29 is 9.53 Å². The van der Waals surface area contributed by atoms with Gasteiger partial charge in [-0.3, -0.25) is 14.0 Å². The van der Waals surface area contributed by atoms with Crippen LogP contribution in [0.4, 0.5) is 4.79 Å². The third kappa shape index (κ3) is 4.75. The maximum Gasteiger partial charge on any atom is 0.408 e. The smallest absolute Gasteiger partial charge is 0.408 e. The minimum absolute atomic E-state index is 0.156. The number of rotatable bonds is 3. The molecule has 2 aromatic carbocycles. The zero-order valence-electron chi connectivity index (χ0n) is 21.8. The summed E-state index contributed by atoms with van der Waals surface area (Å²) in [6.45, 7) is 7.37. The van der Waals surface area contributed by atoms with E-state index in [0.29, 0.717) is 10.9 Å². The summed E-state index contributed by atoms with van der Waals surface area (Å²) in [6, 6.07) is 13.1. The van der Waals surface area contributed by atoms with Crippen LogP contribution in [-0.4, -0.2) is 26.0 Å². The predicted octanol–water partition coefficient (Wildman–Crippen LogP) is 4.81. The number of hydrogen-bond donors (Lipinski definition) is 1. The third-order valence-electron chi connectivity index (χ3n) is 6.41. The minimum atomic E-state index is -0.627. The highest BCUT2D eigenvalue weighted by Crippen LogP contribution is 2.36. The number of amides is 1. The molecule has 0 radical (unpaired) electrons. The van der Waals surface area contributed by atoms with Crippen LogP contribution in [0.25, 0.3) is 16.5 Å². The molecule has 0 spiro atoms. The van der Waals surface area contributed by atoms with Crippen LogP contribution in [-0.2, 0) is 24.6 Å². The van der Waals surface area contributed by atoms with E-state index in [-0.39, 0.29) is 5.56 Å². The summed E-state index contributed by atoms with van der Waals surface area (Å²) in [5, 5.41) is 8.70. The van der Waals surface area contributed by atoms with Gasteiger partial charge in [0.2, 0.25) is 0 Å². The zero-order valence-corrected chi connectivity index (χ0v) is 21.8. The van der Waals surface area contributed by atoms with Crippen LogP contribution < -0.4 is 10.9 Å². The van der Waals surface area contributed by atoms with Gasteiger partial charge in [-0.1, -0.05) is 36.1 Å². The van der Waals surface area contributed by atoms with Gasteiger partial charge in [0, 0.05) is 24.5 Å². The van der Waals surface area contributed by atoms with Crippen molar-refractivity contribution in [1.29, 1.82) is 0 Å². The molecule has 1 atom stereocenters. The first-order chi connectivity index (χ1) is 17.6. The van der Waals surface area contributed by atoms with E-state index in [0.717, 1.165) is 46.3 Å². The Kier molecular flexibility index (Phi) is 6.12. The third-order valence-corrected chi connectivity index (χ3v) is 6.41. The number of pyridine rings is 1.